The fourth-order valence-electron chi connectivity index (χ4n) is 2.56. The summed E-state index contributed by atoms with van der Waals surface area (Å²) >= 11 is 0. The fourth-order valence-corrected chi connectivity index (χ4v) is 2.56. The summed E-state index contributed by atoms with van der Waals surface area (Å²) in [7, 11) is 0. The van der Waals surface area contributed by atoms with Crippen LogP contribution in [0.15, 0.2) is 52.9 Å². The highest BCUT2D eigenvalue weighted by molar-refractivity contribution is 5.99. The summed E-state index contributed by atoms with van der Waals surface area (Å²) in [5.41, 5.74) is 2.41. The Morgan fingerprint density at radius 2 is 1.79 bits per heavy atom. The Labute approximate surface area is 168 Å². The number of nitrogens with one attached hydrogen (secondary N) is 1. The highest BCUT2D eigenvalue weighted by Gasteiger charge is 2.13. The van der Waals surface area contributed by atoms with Crippen molar-refractivity contribution in [1.82, 2.24) is 4.98 Å². The summed E-state index contributed by atoms with van der Waals surface area (Å²) in [4.78, 5) is 40.1. The van der Waals surface area contributed by atoms with Gasteiger partial charge in [-0.15, -0.1) is 0 Å². The van der Waals surface area contributed by atoms with E-state index in [1.165, 1.54) is 0 Å². The molecule has 0 fully saturated rings. The van der Waals surface area contributed by atoms with E-state index in [4.69, 9.17) is 9.15 Å². The predicted molar refractivity (Wildman–Crippen MR) is 108 cm³/mol. The van der Waals surface area contributed by atoms with E-state index < -0.39 is 5.97 Å². The van der Waals surface area contributed by atoms with Crippen LogP contribution < -0.4 is 5.32 Å². The first-order valence-electron chi connectivity index (χ1n) is 9.36. The minimum Gasteiger partial charge on any atom is -0.457 e. The van der Waals surface area contributed by atoms with Crippen LogP contribution in [-0.2, 0) is 20.7 Å². The molecule has 0 aliphatic rings. The van der Waals surface area contributed by atoms with Gasteiger partial charge in [0.05, 0.1) is 6.42 Å². The SMILES string of the molecule is CC(C)C(=O)Nc1ccc(C(=O)COC(=O)CCc2nc3ccccc3o2)cc1. The topological polar surface area (TPSA) is 98.5 Å². The second-order valence-corrected chi connectivity index (χ2v) is 6.88. The lowest BCUT2D eigenvalue weighted by atomic mass is 10.1. The molecule has 0 bridgehead atoms. The number of aryl methyl sites for hydroxylation is 1. The Balaban J connectivity index is 1.45. The Kier molecular flexibility index (Phi) is 6.39. The number of carbonyl (C=O) groups is 3. The fraction of sp³-hybridized carbons (Fsp3) is 0.273. The van der Waals surface area contributed by atoms with E-state index in [1.807, 2.05) is 24.3 Å². The van der Waals surface area contributed by atoms with Gasteiger partial charge in [-0.3, -0.25) is 14.4 Å². The molecule has 0 aliphatic carbocycles. The number of ether oxygens (including phenoxy) is 1. The molecular formula is C22H22N2O5. The van der Waals surface area contributed by atoms with Gasteiger partial charge in [0.15, 0.2) is 23.9 Å². The number of rotatable bonds is 8. The molecule has 1 N–H and O–H groups in total. The molecule has 150 valence electrons. The molecule has 29 heavy (non-hydrogen) atoms. The molecule has 3 aromatic rings. The Hall–Kier alpha value is -3.48. The first-order valence-corrected chi connectivity index (χ1v) is 9.36. The lowest BCUT2D eigenvalue weighted by molar-refractivity contribution is -0.142. The summed E-state index contributed by atoms with van der Waals surface area (Å²) in [5.74, 6) is -0.598. The van der Waals surface area contributed by atoms with Crippen molar-refractivity contribution in [3.8, 4) is 0 Å². The second-order valence-electron chi connectivity index (χ2n) is 6.88. The number of ketones is 1. The monoisotopic (exact) mass is 394 g/mol. The number of amides is 1. The van der Waals surface area contributed by atoms with Crippen LogP contribution in [0.2, 0.25) is 0 Å². The molecule has 7 heteroatoms. The van der Waals surface area contributed by atoms with E-state index in [0.717, 1.165) is 5.52 Å². The molecule has 0 spiro atoms. The minimum absolute atomic E-state index is 0.0697. The lowest BCUT2D eigenvalue weighted by Crippen LogP contribution is -2.18. The summed E-state index contributed by atoms with van der Waals surface area (Å²) in [5, 5.41) is 2.75. The molecular weight excluding hydrogens is 372 g/mol. The molecule has 1 amide bonds. The van der Waals surface area contributed by atoms with Gasteiger partial charge in [-0.25, -0.2) is 4.98 Å². The number of carbonyl (C=O) groups excluding carboxylic acids is 3. The number of hydrogen-bond acceptors (Lipinski definition) is 6. The Morgan fingerprint density at radius 1 is 1.07 bits per heavy atom. The zero-order valence-electron chi connectivity index (χ0n) is 16.3. The molecule has 1 aromatic heterocycles. The lowest BCUT2D eigenvalue weighted by Gasteiger charge is -2.08. The van der Waals surface area contributed by atoms with Crippen molar-refractivity contribution in [2.24, 2.45) is 5.92 Å². The van der Waals surface area contributed by atoms with Gasteiger partial charge >= 0.3 is 5.97 Å². The third kappa shape index (κ3) is 5.51. The predicted octanol–water partition coefficient (Wildman–Crippen LogP) is 3.78. The number of benzene rings is 2. The number of esters is 1. The maximum Gasteiger partial charge on any atom is 0.306 e. The van der Waals surface area contributed by atoms with E-state index in [-0.39, 0.29) is 30.6 Å². The van der Waals surface area contributed by atoms with Crippen molar-refractivity contribution in [1.29, 1.82) is 0 Å². The smallest absolute Gasteiger partial charge is 0.306 e. The minimum atomic E-state index is -0.499. The van der Waals surface area contributed by atoms with E-state index in [0.29, 0.717) is 29.1 Å². The number of hydrogen-bond donors (Lipinski definition) is 1. The van der Waals surface area contributed by atoms with Crippen LogP contribution in [0.3, 0.4) is 0 Å². The zero-order valence-corrected chi connectivity index (χ0v) is 16.3. The van der Waals surface area contributed by atoms with Crippen LogP contribution in [0.5, 0.6) is 0 Å². The molecule has 0 saturated carbocycles. The van der Waals surface area contributed by atoms with Crippen molar-refractivity contribution in [3.05, 3.63) is 60.0 Å². The Bertz CT molecular complexity index is 988. The quantitative estimate of drug-likeness (QED) is 0.461. The Morgan fingerprint density at radius 3 is 2.48 bits per heavy atom. The molecule has 3 rings (SSSR count). The van der Waals surface area contributed by atoms with Crippen molar-refractivity contribution in [3.63, 3.8) is 0 Å². The average Bonchev–Trinajstić information content (AvgIpc) is 3.14. The average molecular weight is 394 g/mol. The summed E-state index contributed by atoms with van der Waals surface area (Å²) in [6, 6.07) is 13.8. The largest absolute Gasteiger partial charge is 0.457 e. The van der Waals surface area contributed by atoms with Crippen molar-refractivity contribution >= 4 is 34.4 Å². The van der Waals surface area contributed by atoms with Crippen LogP contribution in [0, 0.1) is 5.92 Å². The number of aromatic nitrogens is 1. The zero-order chi connectivity index (χ0) is 20.8. The maximum absolute atomic E-state index is 12.2. The van der Waals surface area contributed by atoms with E-state index in [2.05, 4.69) is 10.3 Å². The number of Topliss-reactive ketones (excluding diaryl/α,β-unsaturated/α-hetero) is 1. The van der Waals surface area contributed by atoms with Crippen LogP contribution in [-0.4, -0.2) is 29.3 Å². The summed E-state index contributed by atoms with van der Waals surface area (Å²) in [6.07, 6.45) is 0.367. The van der Waals surface area contributed by atoms with Crippen LogP contribution in [0.4, 0.5) is 5.69 Å². The van der Waals surface area contributed by atoms with Crippen molar-refractivity contribution < 1.29 is 23.5 Å². The third-order valence-corrected chi connectivity index (χ3v) is 4.24. The number of anilines is 1. The van der Waals surface area contributed by atoms with Gasteiger partial charge < -0.3 is 14.5 Å². The molecule has 0 saturated heterocycles. The van der Waals surface area contributed by atoms with Gasteiger partial charge in [0.2, 0.25) is 5.91 Å². The normalized spacial score (nSPS) is 10.9. The van der Waals surface area contributed by atoms with Crippen molar-refractivity contribution in [2.75, 3.05) is 11.9 Å². The van der Waals surface area contributed by atoms with Crippen LogP contribution in [0.1, 0.15) is 36.5 Å². The van der Waals surface area contributed by atoms with E-state index in [1.54, 1.807) is 38.1 Å². The molecule has 0 aliphatic heterocycles. The highest BCUT2D eigenvalue weighted by Crippen LogP contribution is 2.16. The number of nitrogens with zero attached hydrogens (tertiary/aromatic N) is 1. The molecule has 0 unspecified atom stereocenters. The number of fused-ring (bicyclic) bond motifs is 1. The molecule has 0 radical (unpaired) electrons. The van der Waals surface area contributed by atoms with Gasteiger partial charge in [0, 0.05) is 23.6 Å². The van der Waals surface area contributed by atoms with Gasteiger partial charge in [-0.05, 0) is 36.4 Å². The van der Waals surface area contributed by atoms with Gasteiger partial charge in [0.1, 0.15) is 5.52 Å². The molecule has 0 atom stereocenters. The van der Waals surface area contributed by atoms with Crippen molar-refractivity contribution in [2.45, 2.75) is 26.7 Å². The standard InChI is InChI=1S/C22H22N2O5/c1-14(2)22(27)23-16-9-7-15(8-10-16)18(25)13-28-21(26)12-11-20-24-17-5-3-4-6-19(17)29-20/h3-10,14H,11-13H2,1-2H3,(H,23,27). The van der Waals surface area contributed by atoms with E-state index in [9.17, 15) is 14.4 Å². The van der Waals surface area contributed by atoms with Gasteiger partial charge in [0.25, 0.3) is 0 Å². The molecule has 1 heterocycles. The molecule has 2 aromatic carbocycles. The third-order valence-electron chi connectivity index (χ3n) is 4.24. The molecule has 7 nitrogen and oxygen atoms in total. The van der Waals surface area contributed by atoms with Gasteiger partial charge in [-0.1, -0.05) is 26.0 Å². The first-order chi connectivity index (χ1) is 13.9. The second kappa shape index (κ2) is 9.14. The van der Waals surface area contributed by atoms with Crippen LogP contribution in [0.25, 0.3) is 11.1 Å². The van der Waals surface area contributed by atoms with Gasteiger partial charge in [-0.2, -0.15) is 0 Å². The summed E-state index contributed by atoms with van der Waals surface area (Å²) < 4.78 is 10.6. The number of oxazole rings is 1. The van der Waals surface area contributed by atoms with E-state index >= 15 is 0 Å². The maximum atomic E-state index is 12.2. The van der Waals surface area contributed by atoms with Crippen LogP contribution >= 0.6 is 0 Å². The first kappa shape index (κ1) is 20.3. The number of para-hydroxylation sites is 2. The summed E-state index contributed by atoms with van der Waals surface area (Å²) in [6.45, 7) is 3.25. The highest BCUT2D eigenvalue weighted by atomic mass is 16.5.